The summed E-state index contributed by atoms with van der Waals surface area (Å²) in [4.78, 5) is 15.8. The Morgan fingerprint density at radius 2 is 2.05 bits per heavy atom. The third-order valence-electron chi connectivity index (χ3n) is 3.01. The smallest absolute Gasteiger partial charge is 0.253 e. The first-order chi connectivity index (χ1) is 9.31. The Balaban J connectivity index is 2.19. The minimum atomic E-state index is -0.0192. The van der Waals surface area contributed by atoms with E-state index in [2.05, 4.69) is 29.4 Å². The molecule has 4 nitrogen and oxygen atoms in total. The van der Waals surface area contributed by atoms with Crippen molar-refractivity contribution in [2.45, 2.75) is 25.9 Å². The van der Waals surface area contributed by atoms with Gasteiger partial charge in [-0.1, -0.05) is 37.3 Å². The van der Waals surface area contributed by atoms with Gasteiger partial charge in [0, 0.05) is 18.8 Å². The fourth-order valence-corrected chi connectivity index (χ4v) is 2.00. The highest BCUT2D eigenvalue weighted by Crippen LogP contribution is 2.13. The van der Waals surface area contributed by atoms with Crippen molar-refractivity contribution in [3.63, 3.8) is 0 Å². The number of rotatable bonds is 6. The quantitative estimate of drug-likeness (QED) is 0.860. The Morgan fingerprint density at radius 1 is 1.26 bits per heavy atom. The van der Waals surface area contributed by atoms with E-state index in [9.17, 15) is 4.79 Å². The summed E-state index contributed by atoms with van der Waals surface area (Å²) in [5, 5.41) is 3.47. The molecule has 1 heterocycles. The second-order valence-corrected chi connectivity index (χ2v) is 4.49. The zero-order chi connectivity index (χ0) is 13.5. The molecule has 1 atom stereocenters. The van der Waals surface area contributed by atoms with Crippen molar-refractivity contribution in [1.82, 2.24) is 14.9 Å². The molecule has 0 amide bonds. The predicted octanol–water partition coefficient (Wildman–Crippen LogP) is 1.98. The van der Waals surface area contributed by atoms with Gasteiger partial charge in [0.05, 0.1) is 12.4 Å². The molecule has 0 aliphatic heterocycles. The third-order valence-corrected chi connectivity index (χ3v) is 3.01. The Labute approximate surface area is 113 Å². The monoisotopic (exact) mass is 257 g/mol. The zero-order valence-electron chi connectivity index (χ0n) is 11.1. The molecule has 1 N–H and O–H groups in total. The molecule has 0 spiro atoms. The van der Waals surface area contributed by atoms with Crippen LogP contribution in [-0.4, -0.2) is 16.1 Å². The van der Waals surface area contributed by atoms with Gasteiger partial charge in [0.1, 0.15) is 0 Å². The van der Waals surface area contributed by atoms with Gasteiger partial charge in [-0.25, -0.2) is 4.98 Å². The van der Waals surface area contributed by atoms with Crippen LogP contribution in [0.1, 0.15) is 24.9 Å². The lowest BCUT2D eigenvalue weighted by molar-refractivity contribution is 0.453. The molecule has 2 aromatic rings. The Bertz CT molecular complexity index is 551. The first-order valence-corrected chi connectivity index (χ1v) is 6.60. The summed E-state index contributed by atoms with van der Waals surface area (Å²) in [7, 11) is 0. The van der Waals surface area contributed by atoms with E-state index in [0.29, 0.717) is 6.54 Å². The Morgan fingerprint density at radius 3 is 2.74 bits per heavy atom. The highest BCUT2D eigenvalue weighted by molar-refractivity contribution is 5.18. The van der Waals surface area contributed by atoms with E-state index in [1.165, 1.54) is 17.8 Å². The summed E-state index contributed by atoms with van der Waals surface area (Å²) < 4.78 is 1.64. The van der Waals surface area contributed by atoms with Crippen molar-refractivity contribution >= 4 is 0 Å². The van der Waals surface area contributed by atoms with Gasteiger partial charge in [-0.05, 0) is 18.5 Å². The average Bonchev–Trinajstić information content (AvgIpc) is 2.46. The molecule has 0 saturated heterocycles. The molecule has 0 aliphatic carbocycles. The number of nitrogens with one attached hydrogen (secondary N) is 1. The summed E-state index contributed by atoms with van der Waals surface area (Å²) in [6, 6.07) is 11.8. The lowest BCUT2D eigenvalue weighted by Crippen LogP contribution is -2.30. The molecular weight excluding hydrogens is 238 g/mol. The standard InChI is InChI=1S/C15H19N3O/c1-2-9-17-14(13-6-4-3-5-7-13)11-18-12-16-10-8-15(18)19/h3-8,10,12,14,17H,2,9,11H2,1H3. The van der Waals surface area contributed by atoms with Gasteiger partial charge in [-0.2, -0.15) is 0 Å². The van der Waals surface area contributed by atoms with Gasteiger partial charge in [-0.15, -0.1) is 0 Å². The van der Waals surface area contributed by atoms with Crippen LogP contribution in [0.25, 0.3) is 0 Å². The molecule has 19 heavy (non-hydrogen) atoms. The SMILES string of the molecule is CCCNC(Cn1cnccc1=O)c1ccccc1. The summed E-state index contributed by atoms with van der Waals surface area (Å²) in [5.41, 5.74) is 1.17. The van der Waals surface area contributed by atoms with Crippen molar-refractivity contribution in [2.75, 3.05) is 6.54 Å². The highest BCUT2D eigenvalue weighted by atomic mass is 16.1. The molecule has 0 bridgehead atoms. The van der Waals surface area contributed by atoms with Gasteiger partial charge in [0.2, 0.25) is 0 Å². The first kappa shape index (κ1) is 13.5. The van der Waals surface area contributed by atoms with E-state index >= 15 is 0 Å². The van der Waals surface area contributed by atoms with Crippen LogP contribution in [0.5, 0.6) is 0 Å². The van der Waals surface area contributed by atoms with Crippen molar-refractivity contribution in [1.29, 1.82) is 0 Å². The lowest BCUT2D eigenvalue weighted by atomic mass is 10.1. The summed E-state index contributed by atoms with van der Waals surface area (Å²) >= 11 is 0. The van der Waals surface area contributed by atoms with Gasteiger partial charge >= 0.3 is 0 Å². The molecular formula is C15H19N3O. The van der Waals surface area contributed by atoms with Crippen LogP contribution < -0.4 is 10.9 Å². The predicted molar refractivity (Wildman–Crippen MR) is 76.0 cm³/mol. The van der Waals surface area contributed by atoms with E-state index in [-0.39, 0.29) is 11.6 Å². The first-order valence-electron chi connectivity index (χ1n) is 6.60. The van der Waals surface area contributed by atoms with Gasteiger partial charge in [-0.3, -0.25) is 9.36 Å². The number of hydrogen-bond acceptors (Lipinski definition) is 3. The maximum Gasteiger partial charge on any atom is 0.253 e. The maximum atomic E-state index is 11.8. The number of benzene rings is 1. The molecule has 4 heteroatoms. The molecule has 100 valence electrons. The summed E-state index contributed by atoms with van der Waals surface area (Å²) in [6.07, 6.45) is 4.17. The van der Waals surface area contributed by atoms with Gasteiger partial charge in [0.25, 0.3) is 5.56 Å². The van der Waals surface area contributed by atoms with E-state index in [0.717, 1.165) is 13.0 Å². The molecule has 2 rings (SSSR count). The lowest BCUT2D eigenvalue weighted by Gasteiger charge is -2.19. The van der Waals surface area contributed by atoms with Crippen LogP contribution in [0.15, 0.2) is 53.7 Å². The molecule has 0 fully saturated rings. The van der Waals surface area contributed by atoms with E-state index in [1.807, 2.05) is 18.2 Å². The van der Waals surface area contributed by atoms with Crippen molar-refractivity contribution in [3.05, 3.63) is 64.8 Å². The summed E-state index contributed by atoms with van der Waals surface area (Å²) in [5.74, 6) is 0. The van der Waals surface area contributed by atoms with Crippen LogP contribution >= 0.6 is 0 Å². The van der Waals surface area contributed by atoms with Crippen molar-refractivity contribution < 1.29 is 0 Å². The Hall–Kier alpha value is -1.94. The number of hydrogen-bond donors (Lipinski definition) is 1. The molecule has 0 aliphatic rings. The van der Waals surface area contributed by atoms with E-state index in [4.69, 9.17) is 0 Å². The zero-order valence-corrected chi connectivity index (χ0v) is 11.1. The minimum Gasteiger partial charge on any atom is -0.308 e. The number of nitrogens with zero attached hydrogens (tertiary/aromatic N) is 2. The number of aromatic nitrogens is 2. The third kappa shape index (κ3) is 3.76. The fourth-order valence-electron chi connectivity index (χ4n) is 2.00. The topological polar surface area (TPSA) is 46.9 Å². The maximum absolute atomic E-state index is 11.8. The average molecular weight is 257 g/mol. The second kappa shape index (κ2) is 6.85. The Kier molecular flexibility index (Phi) is 4.86. The van der Waals surface area contributed by atoms with Crippen molar-refractivity contribution in [3.8, 4) is 0 Å². The normalized spacial score (nSPS) is 12.3. The van der Waals surface area contributed by atoms with Crippen LogP contribution in [0.4, 0.5) is 0 Å². The van der Waals surface area contributed by atoms with Crippen LogP contribution in [0.2, 0.25) is 0 Å². The molecule has 1 aromatic heterocycles. The molecule has 1 unspecified atom stereocenters. The van der Waals surface area contributed by atoms with E-state index < -0.39 is 0 Å². The van der Waals surface area contributed by atoms with Crippen LogP contribution in [0.3, 0.4) is 0 Å². The highest BCUT2D eigenvalue weighted by Gasteiger charge is 2.11. The van der Waals surface area contributed by atoms with E-state index in [1.54, 1.807) is 10.9 Å². The molecule has 1 aromatic carbocycles. The van der Waals surface area contributed by atoms with Crippen LogP contribution in [-0.2, 0) is 6.54 Å². The molecule has 0 saturated carbocycles. The van der Waals surface area contributed by atoms with Crippen molar-refractivity contribution in [2.24, 2.45) is 0 Å². The summed E-state index contributed by atoms with van der Waals surface area (Å²) in [6.45, 7) is 3.65. The fraction of sp³-hybridized carbons (Fsp3) is 0.333. The largest absolute Gasteiger partial charge is 0.308 e. The second-order valence-electron chi connectivity index (χ2n) is 4.49. The van der Waals surface area contributed by atoms with Gasteiger partial charge in [0.15, 0.2) is 0 Å². The minimum absolute atomic E-state index is 0.0192. The van der Waals surface area contributed by atoms with Gasteiger partial charge < -0.3 is 5.32 Å². The van der Waals surface area contributed by atoms with Crippen LogP contribution in [0, 0.1) is 0 Å². The molecule has 0 radical (unpaired) electrons.